The van der Waals surface area contributed by atoms with Crippen molar-refractivity contribution in [2.75, 3.05) is 5.32 Å². The number of nitrogens with zero attached hydrogens (tertiary/aromatic N) is 3. The van der Waals surface area contributed by atoms with Gasteiger partial charge in [0.15, 0.2) is 0 Å². The summed E-state index contributed by atoms with van der Waals surface area (Å²) in [5.74, 6) is 1.12. The van der Waals surface area contributed by atoms with Crippen molar-refractivity contribution in [3.63, 3.8) is 0 Å². The third-order valence-corrected chi connectivity index (χ3v) is 3.56. The summed E-state index contributed by atoms with van der Waals surface area (Å²) in [5.41, 5.74) is 0.552. The van der Waals surface area contributed by atoms with Crippen LogP contribution in [0.2, 0.25) is 0 Å². The van der Waals surface area contributed by atoms with Gasteiger partial charge in [-0.3, -0.25) is 10.1 Å². The second kappa shape index (κ2) is 6.72. The summed E-state index contributed by atoms with van der Waals surface area (Å²) in [6.07, 6.45) is 2.09. The highest BCUT2D eigenvalue weighted by atomic mass is 16.6. The fourth-order valence-electron chi connectivity index (χ4n) is 2.33. The molecule has 0 fully saturated rings. The van der Waals surface area contributed by atoms with Gasteiger partial charge in [-0.2, -0.15) is 5.10 Å². The summed E-state index contributed by atoms with van der Waals surface area (Å²) in [5, 5.41) is 18.8. The molecule has 1 aromatic heterocycles. The second-order valence-corrected chi connectivity index (χ2v) is 5.87. The fourth-order valence-corrected chi connectivity index (χ4v) is 2.33. The molecule has 1 aromatic rings. The maximum Gasteiger partial charge on any atom is 0.333 e. The van der Waals surface area contributed by atoms with E-state index in [1.807, 2.05) is 13.8 Å². The Labute approximate surface area is 120 Å². The van der Waals surface area contributed by atoms with E-state index >= 15 is 0 Å². The number of aromatic nitrogens is 2. The van der Waals surface area contributed by atoms with Crippen molar-refractivity contribution in [1.82, 2.24) is 9.78 Å². The molecule has 6 nitrogen and oxygen atoms in total. The van der Waals surface area contributed by atoms with Gasteiger partial charge in [0.2, 0.25) is 5.82 Å². The van der Waals surface area contributed by atoms with Gasteiger partial charge >= 0.3 is 5.69 Å². The average molecular weight is 282 g/mol. The van der Waals surface area contributed by atoms with Crippen molar-refractivity contribution >= 4 is 11.5 Å². The first-order valence-electron chi connectivity index (χ1n) is 7.27. The molecule has 0 aliphatic carbocycles. The lowest BCUT2D eigenvalue weighted by Gasteiger charge is -2.19. The van der Waals surface area contributed by atoms with Crippen LogP contribution in [-0.4, -0.2) is 20.7 Å². The molecule has 0 spiro atoms. The molecular formula is C14H26N4O2. The molecule has 2 atom stereocenters. The van der Waals surface area contributed by atoms with Gasteiger partial charge in [0.05, 0.1) is 4.92 Å². The second-order valence-electron chi connectivity index (χ2n) is 5.87. The quantitative estimate of drug-likeness (QED) is 0.607. The van der Waals surface area contributed by atoms with E-state index in [0.717, 1.165) is 12.8 Å². The molecule has 1 heterocycles. The van der Waals surface area contributed by atoms with Crippen LogP contribution in [-0.2, 0) is 0 Å². The van der Waals surface area contributed by atoms with E-state index in [-0.39, 0.29) is 22.7 Å². The van der Waals surface area contributed by atoms with Gasteiger partial charge in [-0.05, 0) is 40.0 Å². The molecule has 0 bridgehead atoms. The van der Waals surface area contributed by atoms with Crippen molar-refractivity contribution in [3.05, 3.63) is 15.8 Å². The molecule has 0 saturated heterocycles. The zero-order valence-corrected chi connectivity index (χ0v) is 13.3. The van der Waals surface area contributed by atoms with Gasteiger partial charge in [-0.15, -0.1) is 0 Å². The molecule has 114 valence electrons. The number of nitro groups is 1. The molecular weight excluding hydrogens is 256 g/mol. The van der Waals surface area contributed by atoms with Gasteiger partial charge in [0, 0.05) is 12.1 Å². The summed E-state index contributed by atoms with van der Waals surface area (Å²) in [4.78, 5) is 10.9. The van der Waals surface area contributed by atoms with Crippen molar-refractivity contribution < 1.29 is 4.92 Å². The largest absolute Gasteiger partial charge is 0.362 e. The highest BCUT2D eigenvalue weighted by Gasteiger charge is 2.27. The van der Waals surface area contributed by atoms with Gasteiger partial charge in [0.25, 0.3) is 0 Å². The van der Waals surface area contributed by atoms with E-state index in [4.69, 9.17) is 0 Å². The van der Waals surface area contributed by atoms with Gasteiger partial charge in [-0.1, -0.05) is 20.3 Å². The molecule has 0 aromatic carbocycles. The lowest BCUT2D eigenvalue weighted by Crippen LogP contribution is -2.21. The first-order chi connectivity index (χ1) is 9.27. The number of aryl methyl sites for hydroxylation is 1. The lowest BCUT2D eigenvalue weighted by molar-refractivity contribution is -0.384. The van der Waals surface area contributed by atoms with E-state index < -0.39 is 0 Å². The summed E-state index contributed by atoms with van der Waals surface area (Å²) in [7, 11) is 0. The molecule has 1 rings (SSSR count). The average Bonchev–Trinajstić information content (AvgIpc) is 2.65. The number of hydrogen-bond donors (Lipinski definition) is 1. The topological polar surface area (TPSA) is 73.0 Å². The Kier molecular flexibility index (Phi) is 5.53. The third kappa shape index (κ3) is 3.71. The Hall–Kier alpha value is -1.59. The molecule has 1 N–H and O–H groups in total. The van der Waals surface area contributed by atoms with Crippen LogP contribution in [0.1, 0.15) is 59.2 Å². The predicted molar refractivity (Wildman–Crippen MR) is 81.2 cm³/mol. The molecule has 0 saturated carbocycles. The third-order valence-electron chi connectivity index (χ3n) is 3.56. The van der Waals surface area contributed by atoms with Gasteiger partial charge in [-0.25, -0.2) is 4.68 Å². The van der Waals surface area contributed by atoms with Gasteiger partial charge < -0.3 is 5.32 Å². The molecule has 0 aliphatic rings. The number of nitrogens with one attached hydrogen (secondary N) is 1. The SMILES string of the molecule is CCC(C)CC(C)Nc1c([N+](=O)[O-])c(C)nn1C(C)C. The van der Waals surface area contributed by atoms with Crippen LogP contribution in [0, 0.1) is 23.0 Å². The molecule has 2 unspecified atom stereocenters. The van der Waals surface area contributed by atoms with Crippen molar-refractivity contribution in [2.24, 2.45) is 5.92 Å². The predicted octanol–water partition coefficient (Wildman–Crippen LogP) is 3.92. The minimum Gasteiger partial charge on any atom is -0.362 e. The van der Waals surface area contributed by atoms with Gasteiger partial charge in [0.1, 0.15) is 5.69 Å². The fraction of sp³-hybridized carbons (Fsp3) is 0.786. The standard InChI is InChI=1S/C14H26N4O2/c1-7-10(4)8-11(5)15-14-13(18(19)20)12(6)16-17(14)9(2)3/h9-11,15H,7-8H2,1-6H3. The Bertz CT molecular complexity index is 468. The van der Waals surface area contributed by atoms with E-state index in [1.165, 1.54) is 0 Å². The minimum atomic E-state index is -0.348. The Morgan fingerprint density at radius 1 is 1.35 bits per heavy atom. The summed E-state index contributed by atoms with van der Waals surface area (Å²) < 4.78 is 1.71. The number of anilines is 1. The van der Waals surface area contributed by atoms with Crippen LogP contribution >= 0.6 is 0 Å². The first kappa shape index (κ1) is 16.5. The van der Waals surface area contributed by atoms with Crippen LogP contribution in [0.25, 0.3) is 0 Å². The van der Waals surface area contributed by atoms with Crippen molar-refractivity contribution in [2.45, 2.75) is 66.5 Å². The van der Waals surface area contributed by atoms with E-state index in [1.54, 1.807) is 11.6 Å². The van der Waals surface area contributed by atoms with Crippen LogP contribution in [0.3, 0.4) is 0 Å². The molecule has 20 heavy (non-hydrogen) atoms. The zero-order valence-electron chi connectivity index (χ0n) is 13.3. The number of hydrogen-bond acceptors (Lipinski definition) is 4. The van der Waals surface area contributed by atoms with Crippen LogP contribution < -0.4 is 5.32 Å². The molecule has 0 amide bonds. The Morgan fingerprint density at radius 2 is 1.95 bits per heavy atom. The minimum absolute atomic E-state index is 0.0840. The highest BCUT2D eigenvalue weighted by molar-refractivity contribution is 5.60. The zero-order chi connectivity index (χ0) is 15.4. The van der Waals surface area contributed by atoms with E-state index in [2.05, 4.69) is 31.2 Å². The van der Waals surface area contributed by atoms with E-state index in [0.29, 0.717) is 17.4 Å². The van der Waals surface area contributed by atoms with Crippen LogP contribution in [0.4, 0.5) is 11.5 Å². The smallest absolute Gasteiger partial charge is 0.333 e. The van der Waals surface area contributed by atoms with Crippen LogP contribution in [0.15, 0.2) is 0 Å². The Morgan fingerprint density at radius 3 is 2.40 bits per heavy atom. The number of rotatable bonds is 7. The highest BCUT2D eigenvalue weighted by Crippen LogP contribution is 2.31. The first-order valence-corrected chi connectivity index (χ1v) is 7.27. The lowest BCUT2D eigenvalue weighted by atomic mass is 10.0. The molecule has 6 heteroatoms. The van der Waals surface area contributed by atoms with Crippen molar-refractivity contribution in [3.8, 4) is 0 Å². The summed E-state index contributed by atoms with van der Waals surface area (Å²) in [6, 6.07) is 0.262. The molecule has 0 aliphatic heterocycles. The maximum atomic E-state index is 11.3. The monoisotopic (exact) mass is 282 g/mol. The summed E-state index contributed by atoms with van der Waals surface area (Å²) in [6.45, 7) is 12.0. The Balaban J connectivity index is 3.05. The van der Waals surface area contributed by atoms with Crippen molar-refractivity contribution in [1.29, 1.82) is 0 Å². The molecule has 0 radical (unpaired) electrons. The maximum absolute atomic E-state index is 11.3. The normalized spacial score (nSPS) is 14.3. The van der Waals surface area contributed by atoms with E-state index in [9.17, 15) is 10.1 Å². The summed E-state index contributed by atoms with van der Waals surface area (Å²) >= 11 is 0. The van der Waals surface area contributed by atoms with Crippen LogP contribution in [0.5, 0.6) is 0 Å².